The van der Waals surface area contributed by atoms with Crippen LogP contribution in [0.5, 0.6) is 0 Å². The summed E-state index contributed by atoms with van der Waals surface area (Å²) in [6, 6.07) is 13.6. The Hall–Kier alpha value is -2.89. The van der Waals surface area contributed by atoms with E-state index >= 15 is 0 Å². The highest BCUT2D eigenvalue weighted by molar-refractivity contribution is 5.84. The number of benzene rings is 1. The molecular formula is C24H26N4O2. The van der Waals surface area contributed by atoms with E-state index in [1.54, 1.807) is 12.6 Å². The van der Waals surface area contributed by atoms with Gasteiger partial charge in [0.1, 0.15) is 24.5 Å². The average Bonchev–Trinajstić information content (AvgIpc) is 3.46. The lowest BCUT2D eigenvalue weighted by Gasteiger charge is -2.61. The van der Waals surface area contributed by atoms with Gasteiger partial charge in [-0.05, 0) is 68.1 Å². The summed E-state index contributed by atoms with van der Waals surface area (Å²) in [5.74, 6) is 2.09. The monoisotopic (exact) mass is 402 g/mol. The van der Waals surface area contributed by atoms with Gasteiger partial charge >= 0.3 is 0 Å². The normalized spacial score (nSPS) is 32.8. The summed E-state index contributed by atoms with van der Waals surface area (Å²) in [5.41, 5.74) is 0.636. The Labute approximate surface area is 175 Å². The molecule has 1 amide bonds. The van der Waals surface area contributed by atoms with E-state index in [0.29, 0.717) is 11.8 Å². The SMILES string of the molecule is O=C(NC(c1ccccc1)c1ccco1)C12CC3CC(C1)CC(n1cncn1)(C3)C2. The molecule has 0 radical (unpaired) electrons. The van der Waals surface area contributed by atoms with Crippen LogP contribution < -0.4 is 5.32 Å². The molecule has 1 aromatic carbocycles. The maximum atomic E-state index is 13.9. The minimum Gasteiger partial charge on any atom is -0.467 e. The quantitative estimate of drug-likeness (QED) is 0.698. The third kappa shape index (κ3) is 2.73. The molecule has 154 valence electrons. The molecule has 4 bridgehead atoms. The van der Waals surface area contributed by atoms with Crippen molar-refractivity contribution in [3.63, 3.8) is 0 Å². The van der Waals surface area contributed by atoms with Crippen molar-refractivity contribution in [2.75, 3.05) is 0 Å². The van der Waals surface area contributed by atoms with Gasteiger partial charge in [-0.25, -0.2) is 9.67 Å². The molecule has 4 saturated carbocycles. The van der Waals surface area contributed by atoms with E-state index in [9.17, 15) is 4.79 Å². The molecule has 0 aliphatic heterocycles. The standard InChI is InChI=1S/C24H26N4O2/c29-22(27-21(20-7-4-8-30-20)19-5-2-1-3-6-19)23-10-17-9-18(11-23)13-24(12-17,14-23)28-16-25-15-26-28/h1-8,15-18,21H,9-14H2,(H,27,29). The fraction of sp³-hybridized carbons (Fsp3) is 0.458. The Kier molecular flexibility index (Phi) is 3.92. The fourth-order valence-electron chi connectivity index (χ4n) is 6.91. The zero-order chi connectivity index (χ0) is 20.2. The van der Waals surface area contributed by atoms with Crippen LogP contribution in [0.4, 0.5) is 0 Å². The highest BCUT2D eigenvalue weighted by Gasteiger charge is 2.61. The van der Waals surface area contributed by atoms with Crippen molar-refractivity contribution in [3.8, 4) is 0 Å². The summed E-state index contributed by atoms with van der Waals surface area (Å²) in [6.45, 7) is 0. The minimum atomic E-state index is -0.338. The Bertz CT molecular complexity index is 1010. The number of rotatable bonds is 5. The number of furan rings is 1. The number of aromatic nitrogens is 3. The van der Waals surface area contributed by atoms with Crippen LogP contribution in [0.15, 0.2) is 65.8 Å². The lowest BCUT2D eigenvalue weighted by atomic mass is 9.46. The van der Waals surface area contributed by atoms with Gasteiger partial charge in [0.05, 0.1) is 17.2 Å². The molecule has 4 fully saturated rings. The van der Waals surface area contributed by atoms with Gasteiger partial charge in [0.25, 0.3) is 0 Å². The second-order valence-electron chi connectivity index (χ2n) is 9.64. The van der Waals surface area contributed by atoms with E-state index in [1.165, 1.54) is 6.42 Å². The van der Waals surface area contributed by atoms with Gasteiger partial charge in [-0.2, -0.15) is 5.10 Å². The van der Waals surface area contributed by atoms with Crippen LogP contribution in [0.25, 0.3) is 0 Å². The molecule has 3 aromatic rings. The molecule has 1 N–H and O–H groups in total. The number of carbonyl (C=O) groups excluding carboxylic acids is 1. The number of hydrogen-bond acceptors (Lipinski definition) is 4. The van der Waals surface area contributed by atoms with Gasteiger partial charge in [-0.1, -0.05) is 30.3 Å². The predicted molar refractivity (Wildman–Crippen MR) is 110 cm³/mol. The minimum absolute atomic E-state index is 0.0646. The van der Waals surface area contributed by atoms with Crippen molar-refractivity contribution in [2.45, 2.75) is 50.1 Å². The molecule has 4 aliphatic rings. The number of nitrogens with zero attached hydrogens (tertiary/aromatic N) is 3. The fourth-order valence-corrected chi connectivity index (χ4v) is 6.91. The molecule has 7 rings (SSSR count). The molecule has 6 heteroatoms. The number of carbonyl (C=O) groups is 1. The summed E-state index contributed by atoms with van der Waals surface area (Å²) < 4.78 is 7.76. The second-order valence-corrected chi connectivity index (χ2v) is 9.64. The van der Waals surface area contributed by atoms with E-state index < -0.39 is 0 Å². The van der Waals surface area contributed by atoms with E-state index in [4.69, 9.17) is 4.42 Å². The van der Waals surface area contributed by atoms with Gasteiger partial charge < -0.3 is 9.73 Å². The summed E-state index contributed by atoms with van der Waals surface area (Å²) in [6.07, 6.45) is 11.4. The van der Waals surface area contributed by atoms with Crippen molar-refractivity contribution in [1.82, 2.24) is 20.1 Å². The van der Waals surface area contributed by atoms with Crippen LogP contribution >= 0.6 is 0 Å². The topological polar surface area (TPSA) is 73.0 Å². The predicted octanol–water partition coefficient (Wildman–Crippen LogP) is 4.07. The van der Waals surface area contributed by atoms with Crippen molar-refractivity contribution < 1.29 is 9.21 Å². The third-order valence-corrected chi connectivity index (χ3v) is 7.65. The highest BCUT2D eigenvalue weighted by Crippen LogP contribution is 2.64. The summed E-state index contributed by atoms with van der Waals surface area (Å²) >= 11 is 0. The van der Waals surface area contributed by atoms with Crippen LogP contribution in [0.1, 0.15) is 55.9 Å². The molecule has 0 saturated heterocycles. The molecule has 0 spiro atoms. The maximum Gasteiger partial charge on any atom is 0.227 e. The average molecular weight is 402 g/mol. The first-order valence-corrected chi connectivity index (χ1v) is 10.9. The first kappa shape index (κ1) is 17.9. The van der Waals surface area contributed by atoms with Crippen LogP contribution in [0.3, 0.4) is 0 Å². The third-order valence-electron chi connectivity index (χ3n) is 7.65. The Morgan fingerprint density at radius 2 is 1.90 bits per heavy atom. The molecule has 3 atom stereocenters. The van der Waals surface area contributed by atoms with Gasteiger partial charge in [-0.15, -0.1) is 0 Å². The Morgan fingerprint density at radius 3 is 2.57 bits per heavy atom. The summed E-state index contributed by atoms with van der Waals surface area (Å²) in [7, 11) is 0. The van der Waals surface area contributed by atoms with Gasteiger partial charge in [0, 0.05) is 0 Å². The van der Waals surface area contributed by atoms with Crippen LogP contribution in [0, 0.1) is 17.3 Å². The first-order chi connectivity index (χ1) is 14.7. The number of hydrogen-bond donors (Lipinski definition) is 1. The zero-order valence-electron chi connectivity index (χ0n) is 16.9. The number of amides is 1. The first-order valence-electron chi connectivity index (χ1n) is 10.9. The molecule has 30 heavy (non-hydrogen) atoms. The Morgan fingerprint density at radius 1 is 1.10 bits per heavy atom. The lowest BCUT2D eigenvalue weighted by Crippen LogP contribution is -2.61. The molecule has 3 unspecified atom stereocenters. The molecule has 4 aliphatic carbocycles. The van der Waals surface area contributed by atoms with E-state index in [1.807, 2.05) is 53.5 Å². The van der Waals surface area contributed by atoms with Crippen molar-refractivity contribution in [3.05, 3.63) is 72.7 Å². The van der Waals surface area contributed by atoms with E-state index in [2.05, 4.69) is 15.4 Å². The van der Waals surface area contributed by atoms with E-state index in [0.717, 1.165) is 43.4 Å². The number of nitrogens with one attached hydrogen (secondary N) is 1. The molecular weight excluding hydrogens is 376 g/mol. The largest absolute Gasteiger partial charge is 0.467 e. The van der Waals surface area contributed by atoms with Gasteiger partial charge in [-0.3, -0.25) is 4.79 Å². The zero-order valence-corrected chi connectivity index (χ0v) is 16.9. The maximum absolute atomic E-state index is 13.9. The van der Waals surface area contributed by atoms with Crippen molar-refractivity contribution in [2.24, 2.45) is 17.3 Å². The molecule has 2 heterocycles. The highest BCUT2D eigenvalue weighted by atomic mass is 16.3. The van der Waals surface area contributed by atoms with Gasteiger partial charge in [0.2, 0.25) is 5.91 Å². The second kappa shape index (κ2) is 6.56. The molecule has 2 aromatic heterocycles. The van der Waals surface area contributed by atoms with E-state index in [-0.39, 0.29) is 22.9 Å². The Balaban J connectivity index is 1.34. The van der Waals surface area contributed by atoms with Gasteiger partial charge in [0.15, 0.2) is 0 Å². The van der Waals surface area contributed by atoms with Crippen LogP contribution in [-0.2, 0) is 10.3 Å². The summed E-state index contributed by atoms with van der Waals surface area (Å²) in [5, 5.41) is 7.88. The van der Waals surface area contributed by atoms with Crippen LogP contribution in [0.2, 0.25) is 0 Å². The van der Waals surface area contributed by atoms with Crippen molar-refractivity contribution >= 4 is 5.91 Å². The van der Waals surface area contributed by atoms with Crippen LogP contribution in [-0.4, -0.2) is 20.7 Å². The lowest BCUT2D eigenvalue weighted by molar-refractivity contribution is -0.156. The van der Waals surface area contributed by atoms with Crippen molar-refractivity contribution in [1.29, 1.82) is 0 Å². The smallest absolute Gasteiger partial charge is 0.227 e. The summed E-state index contributed by atoms with van der Waals surface area (Å²) in [4.78, 5) is 18.1. The molecule has 6 nitrogen and oxygen atoms in total.